The molecule has 0 heterocycles. The molecule has 1 aromatic rings. The van der Waals surface area contributed by atoms with Crippen molar-refractivity contribution >= 4 is 11.6 Å². The third-order valence-electron chi connectivity index (χ3n) is 3.40. The first-order chi connectivity index (χ1) is 8.70. The largest absolute Gasteiger partial charge is 0.380 e. The highest BCUT2D eigenvalue weighted by molar-refractivity contribution is 6.00. The molecular weight excluding hydrogens is 228 g/mol. The lowest BCUT2D eigenvalue weighted by molar-refractivity contribution is -0.121. The molecule has 1 aliphatic rings. The molecule has 96 valence electrons. The standard InChI is InChI=1S/C15H18O3/c1-18-10-11-5-7-12(8-6-11)15(17)13-3-2-4-14(16)9-13/h5-8,13H,2-4,9-10H2,1H3. The maximum absolute atomic E-state index is 12.2. The fourth-order valence-electron chi connectivity index (χ4n) is 2.42. The molecule has 1 saturated carbocycles. The lowest BCUT2D eigenvalue weighted by Gasteiger charge is -2.19. The van der Waals surface area contributed by atoms with Crippen LogP contribution in [0, 0.1) is 5.92 Å². The van der Waals surface area contributed by atoms with Gasteiger partial charge in [0.1, 0.15) is 5.78 Å². The average molecular weight is 246 g/mol. The molecule has 1 fully saturated rings. The van der Waals surface area contributed by atoms with Gasteiger partial charge in [-0.05, 0) is 18.4 Å². The smallest absolute Gasteiger partial charge is 0.166 e. The van der Waals surface area contributed by atoms with E-state index >= 15 is 0 Å². The molecule has 0 saturated heterocycles. The number of benzene rings is 1. The van der Waals surface area contributed by atoms with E-state index < -0.39 is 0 Å². The highest BCUT2D eigenvalue weighted by Crippen LogP contribution is 2.25. The van der Waals surface area contributed by atoms with Crippen LogP contribution < -0.4 is 0 Å². The van der Waals surface area contributed by atoms with Crippen molar-refractivity contribution in [3.05, 3.63) is 35.4 Å². The van der Waals surface area contributed by atoms with E-state index in [1.54, 1.807) is 7.11 Å². The summed E-state index contributed by atoms with van der Waals surface area (Å²) in [7, 11) is 1.65. The van der Waals surface area contributed by atoms with Crippen LogP contribution in [0.5, 0.6) is 0 Å². The van der Waals surface area contributed by atoms with Gasteiger partial charge in [-0.2, -0.15) is 0 Å². The molecular formula is C15H18O3. The Kier molecular flexibility index (Phi) is 4.26. The zero-order valence-electron chi connectivity index (χ0n) is 10.6. The van der Waals surface area contributed by atoms with Crippen LogP contribution in [0.1, 0.15) is 41.6 Å². The van der Waals surface area contributed by atoms with Crippen LogP contribution in [0.2, 0.25) is 0 Å². The van der Waals surface area contributed by atoms with E-state index in [0.29, 0.717) is 25.0 Å². The molecule has 1 aliphatic carbocycles. The van der Waals surface area contributed by atoms with E-state index in [1.807, 2.05) is 24.3 Å². The number of rotatable bonds is 4. The summed E-state index contributed by atoms with van der Waals surface area (Å²) in [5.74, 6) is 0.210. The van der Waals surface area contributed by atoms with Gasteiger partial charge in [-0.3, -0.25) is 9.59 Å². The van der Waals surface area contributed by atoms with E-state index in [4.69, 9.17) is 4.74 Å². The molecule has 3 heteroatoms. The molecule has 0 aliphatic heterocycles. The van der Waals surface area contributed by atoms with Crippen LogP contribution in [0.3, 0.4) is 0 Å². The first-order valence-electron chi connectivity index (χ1n) is 6.34. The summed E-state index contributed by atoms with van der Waals surface area (Å²) < 4.78 is 5.03. The molecule has 1 unspecified atom stereocenters. The minimum absolute atomic E-state index is 0.104. The Morgan fingerprint density at radius 2 is 2.06 bits per heavy atom. The lowest BCUT2D eigenvalue weighted by atomic mass is 9.83. The minimum atomic E-state index is -0.112. The molecule has 0 spiro atoms. The van der Waals surface area contributed by atoms with Crippen LogP contribution in [0.4, 0.5) is 0 Å². The SMILES string of the molecule is COCc1ccc(C(=O)C2CCCC(=O)C2)cc1. The van der Waals surface area contributed by atoms with Crippen molar-refractivity contribution in [3.63, 3.8) is 0 Å². The number of ketones is 2. The number of carbonyl (C=O) groups is 2. The van der Waals surface area contributed by atoms with Crippen LogP contribution in [0.15, 0.2) is 24.3 Å². The molecule has 0 N–H and O–H groups in total. The van der Waals surface area contributed by atoms with Crippen molar-refractivity contribution in [3.8, 4) is 0 Å². The molecule has 18 heavy (non-hydrogen) atoms. The van der Waals surface area contributed by atoms with Crippen molar-refractivity contribution in [1.29, 1.82) is 0 Å². The normalized spacial score (nSPS) is 19.8. The molecule has 3 nitrogen and oxygen atoms in total. The summed E-state index contributed by atoms with van der Waals surface area (Å²) in [6.07, 6.45) is 2.73. The number of hydrogen-bond donors (Lipinski definition) is 0. The minimum Gasteiger partial charge on any atom is -0.380 e. The summed E-state index contributed by atoms with van der Waals surface area (Å²) in [4.78, 5) is 23.6. The highest BCUT2D eigenvalue weighted by atomic mass is 16.5. The number of carbonyl (C=O) groups excluding carboxylic acids is 2. The fourth-order valence-corrected chi connectivity index (χ4v) is 2.42. The maximum atomic E-state index is 12.2. The van der Waals surface area contributed by atoms with E-state index in [-0.39, 0.29) is 17.5 Å². The first kappa shape index (κ1) is 13.0. The van der Waals surface area contributed by atoms with Gasteiger partial charge in [-0.15, -0.1) is 0 Å². The zero-order valence-corrected chi connectivity index (χ0v) is 10.6. The van der Waals surface area contributed by atoms with E-state index in [1.165, 1.54) is 0 Å². The van der Waals surface area contributed by atoms with Gasteiger partial charge in [0, 0.05) is 31.4 Å². The summed E-state index contributed by atoms with van der Waals surface area (Å²) in [5, 5.41) is 0. The Labute approximate surface area is 107 Å². The topological polar surface area (TPSA) is 43.4 Å². The summed E-state index contributed by atoms with van der Waals surface area (Å²) >= 11 is 0. The van der Waals surface area contributed by atoms with Crippen molar-refractivity contribution in [2.24, 2.45) is 5.92 Å². The van der Waals surface area contributed by atoms with Gasteiger partial charge >= 0.3 is 0 Å². The molecule has 0 aromatic heterocycles. The predicted octanol–water partition coefficient (Wildman–Crippen LogP) is 2.78. The average Bonchev–Trinajstić information content (AvgIpc) is 2.39. The van der Waals surface area contributed by atoms with Crippen molar-refractivity contribution < 1.29 is 14.3 Å². The molecule has 0 radical (unpaired) electrons. The van der Waals surface area contributed by atoms with Crippen LogP contribution >= 0.6 is 0 Å². The number of methoxy groups -OCH3 is 1. The van der Waals surface area contributed by atoms with E-state index in [9.17, 15) is 9.59 Å². The van der Waals surface area contributed by atoms with Gasteiger partial charge in [0.05, 0.1) is 6.61 Å². The van der Waals surface area contributed by atoms with E-state index in [0.717, 1.165) is 18.4 Å². The first-order valence-corrected chi connectivity index (χ1v) is 6.34. The van der Waals surface area contributed by atoms with Crippen molar-refractivity contribution in [2.75, 3.05) is 7.11 Å². The Morgan fingerprint density at radius 3 is 2.67 bits per heavy atom. The molecule has 1 atom stereocenters. The van der Waals surface area contributed by atoms with Gasteiger partial charge in [0.25, 0.3) is 0 Å². The number of ether oxygens (including phenoxy) is 1. The third kappa shape index (κ3) is 3.05. The Morgan fingerprint density at radius 1 is 1.33 bits per heavy atom. The van der Waals surface area contributed by atoms with Crippen LogP contribution in [-0.4, -0.2) is 18.7 Å². The van der Waals surface area contributed by atoms with Gasteiger partial charge in [-0.1, -0.05) is 24.3 Å². The van der Waals surface area contributed by atoms with Crippen molar-refractivity contribution in [1.82, 2.24) is 0 Å². The summed E-state index contributed by atoms with van der Waals surface area (Å²) in [6, 6.07) is 7.47. The summed E-state index contributed by atoms with van der Waals surface area (Å²) in [5.41, 5.74) is 1.75. The summed E-state index contributed by atoms with van der Waals surface area (Å²) in [6.45, 7) is 0.552. The van der Waals surface area contributed by atoms with Crippen LogP contribution in [-0.2, 0) is 16.1 Å². The second-order valence-electron chi connectivity index (χ2n) is 4.83. The van der Waals surface area contributed by atoms with E-state index in [2.05, 4.69) is 0 Å². The van der Waals surface area contributed by atoms with Crippen LogP contribution in [0.25, 0.3) is 0 Å². The second kappa shape index (κ2) is 5.91. The molecule has 0 bridgehead atoms. The number of Topliss-reactive ketones (excluding diaryl/α,β-unsaturated/α-hetero) is 2. The lowest BCUT2D eigenvalue weighted by Crippen LogP contribution is -2.22. The predicted molar refractivity (Wildman–Crippen MR) is 68.5 cm³/mol. The third-order valence-corrected chi connectivity index (χ3v) is 3.40. The molecule has 1 aromatic carbocycles. The highest BCUT2D eigenvalue weighted by Gasteiger charge is 2.26. The van der Waals surface area contributed by atoms with Gasteiger partial charge in [-0.25, -0.2) is 0 Å². The number of hydrogen-bond acceptors (Lipinski definition) is 3. The maximum Gasteiger partial charge on any atom is 0.166 e. The second-order valence-corrected chi connectivity index (χ2v) is 4.83. The fraction of sp³-hybridized carbons (Fsp3) is 0.467. The Hall–Kier alpha value is -1.48. The van der Waals surface area contributed by atoms with Gasteiger partial charge in [0.2, 0.25) is 0 Å². The van der Waals surface area contributed by atoms with Gasteiger partial charge < -0.3 is 4.74 Å². The monoisotopic (exact) mass is 246 g/mol. The molecule has 2 rings (SSSR count). The Balaban J connectivity index is 2.06. The Bertz CT molecular complexity index is 434. The van der Waals surface area contributed by atoms with Gasteiger partial charge in [0.15, 0.2) is 5.78 Å². The quantitative estimate of drug-likeness (QED) is 0.767. The zero-order chi connectivity index (χ0) is 13.0. The van der Waals surface area contributed by atoms with Crippen molar-refractivity contribution in [2.45, 2.75) is 32.3 Å². The molecule has 0 amide bonds.